The lowest BCUT2D eigenvalue weighted by Crippen LogP contribution is -2.15. The number of aryl methyl sites for hydroxylation is 1. The van der Waals surface area contributed by atoms with E-state index in [1.54, 1.807) is 6.92 Å². The number of thioether (sulfide) groups is 1. The van der Waals surface area contributed by atoms with E-state index >= 15 is 0 Å². The normalized spacial score (nSPS) is 10.3. The van der Waals surface area contributed by atoms with Crippen LogP contribution in [0.5, 0.6) is 5.75 Å². The Labute approximate surface area is 129 Å². The Balaban J connectivity index is 2.03. The molecule has 1 aromatic heterocycles. The van der Waals surface area contributed by atoms with E-state index < -0.39 is 10.8 Å². The number of hydrogen-bond donors (Lipinski definition) is 1. The number of benzene rings is 1. The number of aromatic nitrogens is 2. The maximum Gasteiger partial charge on any atom is 0.296 e. The number of nitrogens with zero attached hydrogens (tertiary/aromatic N) is 3. The SMILES string of the molecule is COc1ccc(NC(=O)CSc2nnc(C)o2)c([N+](=O)[O-])c1. The van der Waals surface area contributed by atoms with Crippen LogP contribution >= 0.6 is 11.8 Å². The molecule has 0 bridgehead atoms. The Hall–Kier alpha value is -2.62. The third-order valence-corrected chi connectivity index (χ3v) is 3.33. The van der Waals surface area contributed by atoms with Gasteiger partial charge in [-0.2, -0.15) is 0 Å². The fraction of sp³-hybridized carbons (Fsp3) is 0.250. The van der Waals surface area contributed by atoms with Crippen molar-refractivity contribution in [1.29, 1.82) is 0 Å². The summed E-state index contributed by atoms with van der Waals surface area (Å²) in [6, 6.07) is 4.18. The molecule has 1 N–H and O–H groups in total. The smallest absolute Gasteiger partial charge is 0.296 e. The molecule has 0 unspecified atom stereocenters. The second-order valence-electron chi connectivity index (χ2n) is 4.06. The number of rotatable bonds is 6. The molecule has 1 aromatic carbocycles. The topological polar surface area (TPSA) is 120 Å². The minimum atomic E-state index is -0.591. The van der Waals surface area contributed by atoms with Gasteiger partial charge in [0.15, 0.2) is 0 Å². The Morgan fingerprint density at radius 3 is 2.86 bits per heavy atom. The van der Waals surface area contributed by atoms with Crippen molar-refractivity contribution in [2.45, 2.75) is 12.1 Å². The molecule has 116 valence electrons. The molecule has 1 amide bonds. The zero-order chi connectivity index (χ0) is 16.1. The number of amides is 1. The molecule has 10 heteroatoms. The molecule has 9 nitrogen and oxygen atoms in total. The third-order valence-electron chi connectivity index (χ3n) is 2.51. The summed E-state index contributed by atoms with van der Waals surface area (Å²) in [6.07, 6.45) is 0. The number of nitrogens with one attached hydrogen (secondary N) is 1. The largest absolute Gasteiger partial charge is 0.496 e. The lowest BCUT2D eigenvalue weighted by Gasteiger charge is -2.06. The highest BCUT2D eigenvalue weighted by atomic mass is 32.2. The Morgan fingerprint density at radius 1 is 1.50 bits per heavy atom. The van der Waals surface area contributed by atoms with Gasteiger partial charge in [-0.15, -0.1) is 10.2 Å². The number of hydrogen-bond acceptors (Lipinski definition) is 8. The number of carbonyl (C=O) groups excluding carboxylic acids is 1. The van der Waals surface area contributed by atoms with Crippen molar-refractivity contribution >= 4 is 29.0 Å². The molecule has 0 spiro atoms. The molecule has 0 aliphatic carbocycles. The fourth-order valence-electron chi connectivity index (χ4n) is 1.55. The van der Waals surface area contributed by atoms with E-state index in [0.29, 0.717) is 11.6 Å². The highest BCUT2D eigenvalue weighted by molar-refractivity contribution is 7.99. The van der Waals surface area contributed by atoms with Gasteiger partial charge in [0.05, 0.1) is 23.9 Å². The van der Waals surface area contributed by atoms with Gasteiger partial charge in [-0.1, -0.05) is 11.8 Å². The first-order chi connectivity index (χ1) is 10.5. The molecule has 0 radical (unpaired) electrons. The highest BCUT2D eigenvalue weighted by Gasteiger charge is 2.17. The molecule has 0 aliphatic heterocycles. The summed E-state index contributed by atoms with van der Waals surface area (Å²) in [5.41, 5.74) is -0.149. The second kappa shape index (κ2) is 6.89. The standard InChI is InChI=1S/C12H12N4O5S/c1-7-14-15-12(21-7)22-6-11(17)13-9-4-3-8(20-2)5-10(9)16(18)19/h3-5H,6H2,1-2H3,(H,13,17). The van der Waals surface area contributed by atoms with E-state index in [1.807, 2.05) is 0 Å². The van der Waals surface area contributed by atoms with Crippen molar-refractivity contribution in [2.24, 2.45) is 0 Å². The quantitative estimate of drug-likeness (QED) is 0.487. The predicted molar refractivity (Wildman–Crippen MR) is 78.0 cm³/mol. The van der Waals surface area contributed by atoms with Crippen LogP contribution in [0.25, 0.3) is 0 Å². The lowest BCUT2D eigenvalue weighted by atomic mass is 10.2. The van der Waals surface area contributed by atoms with Crippen LogP contribution in [-0.2, 0) is 4.79 Å². The Morgan fingerprint density at radius 2 is 2.27 bits per heavy atom. The lowest BCUT2D eigenvalue weighted by molar-refractivity contribution is -0.384. The van der Waals surface area contributed by atoms with Crippen molar-refractivity contribution in [3.05, 3.63) is 34.2 Å². The van der Waals surface area contributed by atoms with Crippen molar-refractivity contribution in [3.63, 3.8) is 0 Å². The number of carbonyl (C=O) groups is 1. The van der Waals surface area contributed by atoms with E-state index in [1.165, 1.54) is 25.3 Å². The first-order valence-corrected chi connectivity index (χ1v) is 7.03. The van der Waals surface area contributed by atoms with Gasteiger partial charge in [0.25, 0.3) is 10.9 Å². The minimum absolute atomic E-state index is 0.00911. The van der Waals surface area contributed by atoms with Crippen molar-refractivity contribution in [1.82, 2.24) is 10.2 Å². The van der Waals surface area contributed by atoms with Gasteiger partial charge in [-0.05, 0) is 12.1 Å². The molecular weight excluding hydrogens is 312 g/mol. The average Bonchev–Trinajstić information content (AvgIpc) is 2.91. The number of anilines is 1. The molecule has 0 saturated carbocycles. The average molecular weight is 324 g/mol. The minimum Gasteiger partial charge on any atom is -0.496 e. The first-order valence-electron chi connectivity index (χ1n) is 6.05. The van der Waals surface area contributed by atoms with Gasteiger partial charge in [-0.25, -0.2) is 0 Å². The summed E-state index contributed by atoms with van der Waals surface area (Å²) in [6.45, 7) is 1.64. The van der Waals surface area contributed by atoms with E-state index in [-0.39, 0.29) is 22.4 Å². The van der Waals surface area contributed by atoms with E-state index in [4.69, 9.17) is 9.15 Å². The molecule has 2 rings (SSSR count). The van der Waals surface area contributed by atoms with Gasteiger partial charge in [-0.3, -0.25) is 14.9 Å². The molecule has 22 heavy (non-hydrogen) atoms. The Bertz CT molecular complexity index is 703. The van der Waals surface area contributed by atoms with Crippen LogP contribution in [0.4, 0.5) is 11.4 Å². The first kappa shape index (κ1) is 15.8. The van der Waals surface area contributed by atoms with E-state index in [0.717, 1.165) is 11.8 Å². The van der Waals surface area contributed by atoms with Crippen LogP contribution in [0.2, 0.25) is 0 Å². The zero-order valence-corrected chi connectivity index (χ0v) is 12.5. The number of ether oxygens (including phenoxy) is 1. The molecule has 1 heterocycles. The maximum atomic E-state index is 11.8. The molecule has 0 atom stereocenters. The zero-order valence-electron chi connectivity index (χ0n) is 11.7. The number of nitro benzene ring substituents is 1. The Kier molecular flexibility index (Phi) is 4.94. The third kappa shape index (κ3) is 3.95. The van der Waals surface area contributed by atoms with Crippen LogP contribution in [0.1, 0.15) is 5.89 Å². The fourth-order valence-corrected chi connectivity index (χ4v) is 2.15. The molecule has 0 fully saturated rings. The van der Waals surface area contributed by atoms with Crippen LogP contribution in [0.15, 0.2) is 27.8 Å². The van der Waals surface area contributed by atoms with Gasteiger partial charge < -0.3 is 14.5 Å². The molecular formula is C12H12N4O5S. The monoisotopic (exact) mass is 324 g/mol. The summed E-state index contributed by atoms with van der Waals surface area (Å²) in [4.78, 5) is 22.3. The maximum absolute atomic E-state index is 11.8. The van der Waals surface area contributed by atoms with Crippen molar-refractivity contribution in [2.75, 3.05) is 18.2 Å². The molecule has 0 saturated heterocycles. The summed E-state index contributed by atoms with van der Waals surface area (Å²) >= 11 is 1.04. The van der Waals surface area contributed by atoms with Crippen molar-refractivity contribution in [3.8, 4) is 5.75 Å². The number of nitro groups is 1. The van der Waals surface area contributed by atoms with Gasteiger partial charge in [0, 0.05) is 6.92 Å². The van der Waals surface area contributed by atoms with Crippen LogP contribution < -0.4 is 10.1 Å². The van der Waals surface area contributed by atoms with Crippen molar-refractivity contribution < 1.29 is 18.9 Å². The summed E-state index contributed by atoms with van der Waals surface area (Å²) in [5, 5.41) is 21.1. The van der Waals surface area contributed by atoms with Crippen LogP contribution in [0, 0.1) is 17.0 Å². The summed E-state index contributed by atoms with van der Waals surface area (Å²) < 4.78 is 10.0. The number of methoxy groups -OCH3 is 1. The van der Waals surface area contributed by atoms with E-state index in [2.05, 4.69) is 15.5 Å². The second-order valence-corrected chi connectivity index (χ2v) is 4.99. The van der Waals surface area contributed by atoms with E-state index in [9.17, 15) is 14.9 Å². The van der Waals surface area contributed by atoms with Gasteiger partial charge in [0.2, 0.25) is 11.8 Å². The van der Waals surface area contributed by atoms with Crippen LogP contribution in [-0.4, -0.2) is 33.9 Å². The van der Waals surface area contributed by atoms with Gasteiger partial charge >= 0.3 is 0 Å². The molecule has 0 aliphatic rings. The molecule has 2 aromatic rings. The van der Waals surface area contributed by atoms with Crippen LogP contribution in [0.3, 0.4) is 0 Å². The predicted octanol–water partition coefficient (Wildman–Crippen LogP) is 2.03. The highest BCUT2D eigenvalue weighted by Crippen LogP contribution is 2.29. The van der Waals surface area contributed by atoms with Gasteiger partial charge in [0.1, 0.15) is 11.4 Å². The summed E-state index contributed by atoms with van der Waals surface area (Å²) in [7, 11) is 1.40. The summed E-state index contributed by atoms with van der Waals surface area (Å²) in [5.74, 6) is 0.299.